The van der Waals surface area contributed by atoms with E-state index in [4.69, 9.17) is 14.9 Å². The monoisotopic (exact) mass is 210 g/mol. The van der Waals surface area contributed by atoms with Gasteiger partial charge in [-0.3, -0.25) is 0 Å². The van der Waals surface area contributed by atoms with Gasteiger partial charge in [0.2, 0.25) is 0 Å². The molecule has 1 aromatic carbocycles. The Morgan fingerprint density at radius 2 is 1.93 bits per heavy atom. The summed E-state index contributed by atoms with van der Waals surface area (Å²) < 4.78 is 5.24. The molecule has 0 aromatic heterocycles. The molecule has 0 aliphatic heterocycles. The SMILES string of the molecule is CC(O)CCc1ccc(OCCO)cc1. The molecule has 0 amide bonds. The lowest BCUT2D eigenvalue weighted by atomic mass is 10.1. The third kappa shape index (κ3) is 4.81. The Morgan fingerprint density at radius 3 is 2.47 bits per heavy atom. The summed E-state index contributed by atoms with van der Waals surface area (Å²) in [6.45, 7) is 2.15. The van der Waals surface area contributed by atoms with Crippen molar-refractivity contribution in [3.63, 3.8) is 0 Å². The van der Waals surface area contributed by atoms with Crippen LogP contribution in [-0.4, -0.2) is 29.5 Å². The van der Waals surface area contributed by atoms with Gasteiger partial charge in [-0.1, -0.05) is 12.1 Å². The van der Waals surface area contributed by atoms with Gasteiger partial charge in [0.15, 0.2) is 0 Å². The fraction of sp³-hybridized carbons (Fsp3) is 0.500. The molecule has 3 nitrogen and oxygen atoms in total. The second-order valence-corrected chi connectivity index (χ2v) is 3.60. The molecule has 2 N–H and O–H groups in total. The van der Waals surface area contributed by atoms with Crippen LogP contribution in [0.5, 0.6) is 5.75 Å². The second-order valence-electron chi connectivity index (χ2n) is 3.60. The van der Waals surface area contributed by atoms with Gasteiger partial charge >= 0.3 is 0 Å². The molecule has 0 aliphatic rings. The summed E-state index contributed by atoms with van der Waals surface area (Å²) in [6, 6.07) is 7.73. The molecule has 1 unspecified atom stereocenters. The van der Waals surface area contributed by atoms with Crippen LogP contribution in [0.3, 0.4) is 0 Å². The van der Waals surface area contributed by atoms with Crippen molar-refractivity contribution < 1.29 is 14.9 Å². The summed E-state index contributed by atoms with van der Waals surface area (Å²) in [5.41, 5.74) is 1.19. The maximum absolute atomic E-state index is 9.13. The molecule has 0 fully saturated rings. The van der Waals surface area contributed by atoms with E-state index in [0.717, 1.165) is 18.6 Å². The molecule has 0 saturated carbocycles. The number of benzene rings is 1. The number of aliphatic hydroxyl groups excluding tert-OH is 2. The minimum absolute atomic E-state index is 0.0315. The van der Waals surface area contributed by atoms with Crippen LogP contribution in [-0.2, 0) is 6.42 Å². The average Bonchev–Trinajstić information content (AvgIpc) is 2.25. The Balaban J connectivity index is 2.41. The zero-order chi connectivity index (χ0) is 11.1. The van der Waals surface area contributed by atoms with E-state index in [1.807, 2.05) is 24.3 Å². The molecular formula is C12H18O3. The van der Waals surface area contributed by atoms with Crippen LogP contribution >= 0.6 is 0 Å². The van der Waals surface area contributed by atoms with Crippen LogP contribution in [0, 0.1) is 0 Å². The molecule has 0 saturated heterocycles. The van der Waals surface area contributed by atoms with Crippen LogP contribution in [0.1, 0.15) is 18.9 Å². The molecule has 1 atom stereocenters. The topological polar surface area (TPSA) is 49.7 Å². The molecule has 3 heteroatoms. The highest BCUT2D eigenvalue weighted by Crippen LogP contribution is 2.13. The van der Waals surface area contributed by atoms with Crippen molar-refractivity contribution in [3.05, 3.63) is 29.8 Å². The molecule has 0 radical (unpaired) electrons. The molecule has 0 heterocycles. The third-order valence-electron chi connectivity index (χ3n) is 2.13. The molecule has 0 bridgehead atoms. The van der Waals surface area contributed by atoms with Crippen molar-refractivity contribution in [1.82, 2.24) is 0 Å². The first-order valence-electron chi connectivity index (χ1n) is 5.23. The van der Waals surface area contributed by atoms with Crippen molar-refractivity contribution in [3.8, 4) is 5.75 Å². The summed E-state index contributed by atoms with van der Waals surface area (Å²) in [6.07, 6.45) is 1.39. The predicted octanol–water partition coefficient (Wildman–Crippen LogP) is 1.37. The molecule has 0 aliphatic carbocycles. The van der Waals surface area contributed by atoms with Crippen LogP contribution < -0.4 is 4.74 Å². The largest absolute Gasteiger partial charge is 0.491 e. The van der Waals surface area contributed by atoms with Crippen LogP contribution in [0.25, 0.3) is 0 Å². The van der Waals surface area contributed by atoms with Gasteiger partial charge in [-0.2, -0.15) is 0 Å². The highest BCUT2D eigenvalue weighted by molar-refractivity contribution is 5.27. The summed E-state index contributed by atoms with van der Waals surface area (Å²) in [7, 11) is 0. The predicted molar refractivity (Wildman–Crippen MR) is 59.0 cm³/mol. The van der Waals surface area contributed by atoms with Crippen molar-refractivity contribution in [1.29, 1.82) is 0 Å². The average molecular weight is 210 g/mol. The van der Waals surface area contributed by atoms with E-state index in [1.165, 1.54) is 5.56 Å². The molecule has 1 aromatic rings. The standard InChI is InChI=1S/C12H18O3/c1-10(14)2-3-11-4-6-12(7-5-11)15-9-8-13/h4-7,10,13-14H,2-3,8-9H2,1H3. The third-order valence-corrected chi connectivity index (χ3v) is 2.13. The first-order chi connectivity index (χ1) is 7.22. The number of ether oxygens (including phenoxy) is 1. The lowest BCUT2D eigenvalue weighted by molar-refractivity contribution is 0.185. The number of hydrogen-bond donors (Lipinski definition) is 2. The van der Waals surface area contributed by atoms with Crippen molar-refractivity contribution >= 4 is 0 Å². The fourth-order valence-electron chi connectivity index (χ4n) is 1.29. The second kappa shape index (κ2) is 6.43. The molecule has 15 heavy (non-hydrogen) atoms. The van der Waals surface area contributed by atoms with Gasteiger partial charge in [-0.25, -0.2) is 0 Å². The lowest BCUT2D eigenvalue weighted by Crippen LogP contribution is -2.02. The Kier molecular flexibility index (Phi) is 5.15. The van der Waals surface area contributed by atoms with Gasteiger partial charge in [-0.15, -0.1) is 0 Å². The van der Waals surface area contributed by atoms with E-state index in [1.54, 1.807) is 6.92 Å². The summed E-state index contributed by atoms with van der Waals surface area (Å²) in [5.74, 6) is 0.768. The number of hydrogen-bond acceptors (Lipinski definition) is 3. The lowest BCUT2D eigenvalue weighted by Gasteiger charge is -2.06. The zero-order valence-corrected chi connectivity index (χ0v) is 9.02. The van der Waals surface area contributed by atoms with Gasteiger partial charge in [0.1, 0.15) is 12.4 Å². The molecule has 1 rings (SSSR count). The highest BCUT2D eigenvalue weighted by atomic mass is 16.5. The maximum atomic E-state index is 9.13. The molecular weight excluding hydrogens is 192 g/mol. The van der Waals surface area contributed by atoms with E-state index in [9.17, 15) is 0 Å². The zero-order valence-electron chi connectivity index (χ0n) is 9.02. The minimum Gasteiger partial charge on any atom is -0.491 e. The van der Waals surface area contributed by atoms with E-state index in [-0.39, 0.29) is 12.7 Å². The number of aryl methyl sites for hydroxylation is 1. The van der Waals surface area contributed by atoms with Gasteiger partial charge in [0.05, 0.1) is 12.7 Å². The normalized spacial score (nSPS) is 12.5. The van der Waals surface area contributed by atoms with Gasteiger partial charge in [0, 0.05) is 0 Å². The fourth-order valence-corrected chi connectivity index (χ4v) is 1.29. The highest BCUT2D eigenvalue weighted by Gasteiger charge is 1.98. The van der Waals surface area contributed by atoms with Gasteiger partial charge in [-0.05, 0) is 37.5 Å². The Morgan fingerprint density at radius 1 is 1.27 bits per heavy atom. The van der Waals surface area contributed by atoms with Gasteiger partial charge < -0.3 is 14.9 Å². The Bertz CT molecular complexity index is 267. The molecule has 84 valence electrons. The van der Waals surface area contributed by atoms with Crippen LogP contribution in [0.15, 0.2) is 24.3 Å². The minimum atomic E-state index is -0.254. The van der Waals surface area contributed by atoms with E-state index in [0.29, 0.717) is 6.61 Å². The summed E-state index contributed by atoms with van der Waals surface area (Å²) >= 11 is 0. The van der Waals surface area contributed by atoms with Crippen molar-refractivity contribution in [2.45, 2.75) is 25.9 Å². The van der Waals surface area contributed by atoms with Crippen LogP contribution in [0.4, 0.5) is 0 Å². The van der Waals surface area contributed by atoms with Crippen molar-refractivity contribution in [2.75, 3.05) is 13.2 Å². The van der Waals surface area contributed by atoms with Crippen molar-refractivity contribution in [2.24, 2.45) is 0 Å². The Labute approximate surface area is 90.3 Å². The van der Waals surface area contributed by atoms with E-state index >= 15 is 0 Å². The number of rotatable bonds is 6. The molecule has 0 spiro atoms. The quantitative estimate of drug-likeness (QED) is 0.745. The smallest absolute Gasteiger partial charge is 0.119 e. The first kappa shape index (κ1) is 12.0. The summed E-state index contributed by atoms with van der Waals surface area (Å²) in [4.78, 5) is 0. The maximum Gasteiger partial charge on any atom is 0.119 e. The summed E-state index contributed by atoms with van der Waals surface area (Å²) in [5, 5.41) is 17.7. The van der Waals surface area contributed by atoms with E-state index in [2.05, 4.69) is 0 Å². The number of aliphatic hydroxyl groups is 2. The first-order valence-corrected chi connectivity index (χ1v) is 5.23. The Hall–Kier alpha value is -1.06. The van der Waals surface area contributed by atoms with E-state index < -0.39 is 0 Å². The van der Waals surface area contributed by atoms with Crippen LogP contribution in [0.2, 0.25) is 0 Å². The van der Waals surface area contributed by atoms with Gasteiger partial charge in [0.25, 0.3) is 0 Å².